The topological polar surface area (TPSA) is 42.2 Å². The lowest BCUT2D eigenvalue weighted by molar-refractivity contribution is 0.352. The van der Waals surface area contributed by atoms with Crippen molar-refractivity contribution in [3.8, 4) is 28.7 Å². The summed E-state index contributed by atoms with van der Waals surface area (Å²) in [5, 5.41) is 9.03. The molecule has 0 unspecified atom stereocenters. The van der Waals surface area contributed by atoms with E-state index in [4.69, 9.17) is 14.7 Å². The highest BCUT2D eigenvalue weighted by molar-refractivity contribution is 5.73. The van der Waals surface area contributed by atoms with E-state index in [-0.39, 0.29) is 6.42 Å². The minimum absolute atomic E-state index is 0.282. The fourth-order valence-corrected chi connectivity index (χ4v) is 2.13. The summed E-state index contributed by atoms with van der Waals surface area (Å²) in [6, 6.07) is 16.0. The molecule has 0 aliphatic carbocycles. The van der Waals surface area contributed by atoms with Gasteiger partial charge in [-0.05, 0) is 17.2 Å². The molecule has 0 amide bonds. The number of nitriles is 1. The number of hydrogen-bond acceptors (Lipinski definition) is 3. The van der Waals surface area contributed by atoms with Gasteiger partial charge in [-0.2, -0.15) is 5.26 Å². The summed E-state index contributed by atoms with van der Waals surface area (Å²) in [7, 11) is 3.18. The Morgan fingerprint density at radius 2 is 1.74 bits per heavy atom. The summed E-state index contributed by atoms with van der Waals surface area (Å²) in [6.45, 7) is 0. The molecule has 0 atom stereocenters. The molecule has 0 spiro atoms. The monoisotopic (exact) mass is 253 g/mol. The van der Waals surface area contributed by atoms with E-state index in [0.717, 1.165) is 16.7 Å². The molecule has 96 valence electrons. The fourth-order valence-electron chi connectivity index (χ4n) is 2.13. The van der Waals surface area contributed by atoms with Gasteiger partial charge in [-0.25, -0.2) is 0 Å². The second kappa shape index (κ2) is 5.92. The number of nitrogens with zero attached hydrogens (tertiary/aromatic N) is 1. The molecule has 0 aromatic heterocycles. The molecule has 0 bridgehead atoms. The number of methoxy groups -OCH3 is 2. The number of rotatable bonds is 4. The van der Waals surface area contributed by atoms with Crippen LogP contribution in [0.1, 0.15) is 5.56 Å². The lowest BCUT2D eigenvalue weighted by Gasteiger charge is -2.15. The van der Waals surface area contributed by atoms with Gasteiger partial charge in [0.05, 0.1) is 26.7 Å². The third-order valence-electron chi connectivity index (χ3n) is 2.99. The van der Waals surface area contributed by atoms with Gasteiger partial charge in [0.15, 0.2) is 11.5 Å². The third-order valence-corrected chi connectivity index (χ3v) is 2.99. The van der Waals surface area contributed by atoms with E-state index in [9.17, 15) is 0 Å². The molecule has 0 saturated carbocycles. The van der Waals surface area contributed by atoms with Gasteiger partial charge >= 0.3 is 0 Å². The number of ether oxygens (including phenoxy) is 2. The maximum Gasteiger partial charge on any atom is 0.165 e. The van der Waals surface area contributed by atoms with Crippen LogP contribution in [0.4, 0.5) is 0 Å². The van der Waals surface area contributed by atoms with Crippen molar-refractivity contribution < 1.29 is 9.47 Å². The standard InChI is InChI=1S/C16H15NO2/c1-18-15-9-8-13(12-6-4-3-5-7-12)14(10-11-17)16(15)19-2/h3-9H,10H2,1-2H3. The molecule has 3 nitrogen and oxygen atoms in total. The van der Waals surface area contributed by atoms with Crippen LogP contribution in [0.5, 0.6) is 11.5 Å². The lowest BCUT2D eigenvalue weighted by atomic mass is 9.96. The SMILES string of the molecule is COc1ccc(-c2ccccc2)c(CC#N)c1OC. The maximum absolute atomic E-state index is 9.03. The van der Waals surface area contributed by atoms with E-state index < -0.39 is 0 Å². The van der Waals surface area contributed by atoms with E-state index in [2.05, 4.69) is 6.07 Å². The summed E-state index contributed by atoms with van der Waals surface area (Å²) in [5.74, 6) is 1.28. The summed E-state index contributed by atoms with van der Waals surface area (Å²) >= 11 is 0. The van der Waals surface area contributed by atoms with Crippen LogP contribution in [0, 0.1) is 11.3 Å². The third kappa shape index (κ3) is 2.53. The first-order valence-electron chi connectivity index (χ1n) is 5.98. The van der Waals surface area contributed by atoms with Crippen molar-refractivity contribution >= 4 is 0 Å². The van der Waals surface area contributed by atoms with Crippen molar-refractivity contribution in [1.29, 1.82) is 5.26 Å². The molecule has 2 rings (SSSR count). The summed E-state index contributed by atoms with van der Waals surface area (Å²) in [6.07, 6.45) is 0.282. The van der Waals surface area contributed by atoms with Gasteiger partial charge in [0, 0.05) is 5.56 Å². The van der Waals surface area contributed by atoms with Crippen LogP contribution >= 0.6 is 0 Å². The number of hydrogen-bond donors (Lipinski definition) is 0. The molecule has 0 aliphatic heterocycles. The average Bonchev–Trinajstić information content (AvgIpc) is 2.48. The lowest BCUT2D eigenvalue weighted by Crippen LogP contribution is -1.98. The Morgan fingerprint density at radius 1 is 1.00 bits per heavy atom. The minimum Gasteiger partial charge on any atom is -0.493 e. The molecular weight excluding hydrogens is 238 g/mol. The molecule has 0 heterocycles. The zero-order valence-corrected chi connectivity index (χ0v) is 11.0. The van der Waals surface area contributed by atoms with Crippen molar-refractivity contribution in [2.45, 2.75) is 6.42 Å². The van der Waals surface area contributed by atoms with Crippen molar-refractivity contribution in [2.24, 2.45) is 0 Å². The van der Waals surface area contributed by atoms with E-state index in [0.29, 0.717) is 11.5 Å². The Bertz CT molecular complexity index is 600. The average molecular weight is 253 g/mol. The molecule has 0 radical (unpaired) electrons. The zero-order valence-electron chi connectivity index (χ0n) is 11.0. The van der Waals surface area contributed by atoms with Crippen LogP contribution in [0.15, 0.2) is 42.5 Å². The fraction of sp³-hybridized carbons (Fsp3) is 0.188. The second-order valence-electron chi connectivity index (χ2n) is 4.03. The van der Waals surface area contributed by atoms with E-state index in [1.54, 1.807) is 14.2 Å². The Morgan fingerprint density at radius 3 is 2.32 bits per heavy atom. The molecule has 0 N–H and O–H groups in total. The maximum atomic E-state index is 9.03. The molecule has 0 saturated heterocycles. The smallest absolute Gasteiger partial charge is 0.165 e. The van der Waals surface area contributed by atoms with E-state index in [1.165, 1.54) is 0 Å². The van der Waals surface area contributed by atoms with Gasteiger partial charge in [-0.1, -0.05) is 36.4 Å². The molecule has 2 aromatic carbocycles. The van der Waals surface area contributed by atoms with Crippen molar-refractivity contribution in [1.82, 2.24) is 0 Å². The van der Waals surface area contributed by atoms with E-state index in [1.807, 2.05) is 42.5 Å². The van der Waals surface area contributed by atoms with Crippen LogP contribution in [-0.4, -0.2) is 14.2 Å². The van der Waals surface area contributed by atoms with Gasteiger partial charge in [0.2, 0.25) is 0 Å². The first kappa shape index (κ1) is 13.0. The van der Waals surface area contributed by atoms with Crippen LogP contribution in [0.3, 0.4) is 0 Å². The Kier molecular flexibility index (Phi) is 4.04. The molecular formula is C16H15NO2. The molecule has 3 heteroatoms. The zero-order chi connectivity index (χ0) is 13.7. The molecule has 19 heavy (non-hydrogen) atoms. The highest BCUT2D eigenvalue weighted by Gasteiger charge is 2.15. The summed E-state index contributed by atoms with van der Waals surface area (Å²) in [4.78, 5) is 0. The van der Waals surface area contributed by atoms with Crippen LogP contribution in [0.2, 0.25) is 0 Å². The summed E-state index contributed by atoms with van der Waals surface area (Å²) < 4.78 is 10.7. The molecule has 2 aromatic rings. The normalized spacial score (nSPS) is 9.74. The first-order valence-corrected chi connectivity index (χ1v) is 5.98. The second-order valence-corrected chi connectivity index (χ2v) is 4.03. The van der Waals surface area contributed by atoms with Crippen molar-refractivity contribution in [3.63, 3.8) is 0 Å². The van der Waals surface area contributed by atoms with Gasteiger partial charge in [-0.15, -0.1) is 0 Å². The van der Waals surface area contributed by atoms with Crippen LogP contribution in [-0.2, 0) is 6.42 Å². The van der Waals surface area contributed by atoms with Crippen LogP contribution < -0.4 is 9.47 Å². The van der Waals surface area contributed by atoms with Crippen LogP contribution in [0.25, 0.3) is 11.1 Å². The quantitative estimate of drug-likeness (QED) is 0.838. The van der Waals surface area contributed by atoms with Gasteiger partial charge in [-0.3, -0.25) is 0 Å². The summed E-state index contributed by atoms with van der Waals surface area (Å²) in [5.41, 5.74) is 2.92. The van der Waals surface area contributed by atoms with Gasteiger partial charge < -0.3 is 9.47 Å². The predicted octanol–water partition coefficient (Wildman–Crippen LogP) is 3.44. The van der Waals surface area contributed by atoms with E-state index >= 15 is 0 Å². The largest absolute Gasteiger partial charge is 0.493 e. The Balaban J connectivity index is 2.65. The van der Waals surface area contributed by atoms with Crippen molar-refractivity contribution in [2.75, 3.05) is 14.2 Å². The Hall–Kier alpha value is -2.47. The molecule has 0 aliphatic rings. The first-order chi connectivity index (χ1) is 9.31. The van der Waals surface area contributed by atoms with Gasteiger partial charge in [0.1, 0.15) is 0 Å². The Labute approximate surface area is 113 Å². The number of benzene rings is 2. The minimum atomic E-state index is 0.282. The van der Waals surface area contributed by atoms with Gasteiger partial charge in [0.25, 0.3) is 0 Å². The molecule has 0 fully saturated rings. The highest BCUT2D eigenvalue weighted by atomic mass is 16.5. The predicted molar refractivity (Wildman–Crippen MR) is 74.3 cm³/mol. The van der Waals surface area contributed by atoms with Crippen molar-refractivity contribution in [3.05, 3.63) is 48.0 Å². The highest BCUT2D eigenvalue weighted by Crippen LogP contribution is 2.38.